The van der Waals surface area contributed by atoms with Gasteiger partial charge in [-0.05, 0) is 32.0 Å². The van der Waals surface area contributed by atoms with Crippen LogP contribution >= 0.6 is 11.6 Å². The average molecular weight is 313 g/mol. The highest BCUT2D eigenvalue weighted by Gasteiger charge is 2.37. The number of hydrogen-bond acceptors (Lipinski definition) is 4. The maximum Gasteiger partial charge on any atom is 0.251 e. The minimum atomic E-state index is -0.250. The van der Waals surface area contributed by atoms with Crippen molar-refractivity contribution < 1.29 is 14.6 Å². The Morgan fingerprint density at radius 1 is 1.48 bits per heavy atom. The molecule has 1 amide bonds. The number of carbonyl (C=O) groups excluding carboxylic acids is 1. The molecule has 1 saturated heterocycles. The number of anilines is 1. The summed E-state index contributed by atoms with van der Waals surface area (Å²) in [6.45, 7) is 5.50. The molecule has 1 aliphatic heterocycles. The first-order chi connectivity index (χ1) is 9.96. The molecule has 0 bridgehead atoms. The van der Waals surface area contributed by atoms with Crippen LogP contribution in [0.5, 0.6) is 0 Å². The largest absolute Gasteiger partial charge is 0.396 e. The number of carbonyl (C=O) groups is 1. The van der Waals surface area contributed by atoms with E-state index in [0.29, 0.717) is 36.0 Å². The minimum Gasteiger partial charge on any atom is -0.396 e. The lowest BCUT2D eigenvalue weighted by atomic mass is 9.87. The zero-order chi connectivity index (χ0) is 15.5. The number of hydrogen-bond donors (Lipinski definition) is 3. The Bertz CT molecular complexity index is 510. The highest BCUT2D eigenvalue weighted by atomic mass is 35.5. The predicted molar refractivity (Wildman–Crippen MR) is 82.9 cm³/mol. The first-order valence-electron chi connectivity index (χ1n) is 6.99. The van der Waals surface area contributed by atoms with E-state index in [1.54, 1.807) is 18.2 Å². The average Bonchev–Trinajstić information content (AvgIpc) is 2.39. The van der Waals surface area contributed by atoms with Crippen LogP contribution in [0.4, 0.5) is 5.69 Å². The molecule has 1 fully saturated rings. The molecule has 1 aromatic carbocycles. The fourth-order valence-corrected chi connectivity index (χ4v) is 2.25. The van der Waals surface area contributed by atoms with Gasteiger partial charge in [-0.3, -0.25) is 4.79 Å². The first-order valence-corrected chi connectivity index (χ1v) is 7.36. The highest BCUT2D eigenvalue weighted by Crippen LogP contribution is 2.29. The van der Waals surface area contributed by atoms with Crippen molar-refractivity contribution in [1.29, 1.82) is 0 Å². The molecule has 0 radical (unpaired) electrons. The Labute approximate surface area is 129 Å². The van der Waals surface area contributed by atoms with Crippen LogP contribution in [0.2, 0.25) is 5.02 Å². The second-order valence-electron chi connectivity index (χ2n) is 5.83. The van der Waals surface area contributed by atoms with Crippen LogP contribution < -0.4 is 10.6 Å². The van der Waals surface area contributed by atoms with Crippen molar-refractivity contribution in [2.45, 2.75) is 19.9 Å². The Morgan fingerprint density at radius 2 is 2.19 bits per heavy atom. The van der Waals surface area contributed by atoms with Crippen molar-refractivity contribution in [2.24, 2.45) is 5.41 Å². The lowest BCUT2D eigenvalue weighted by Gasteiger charge is -2.40. The van der Waals surface area contributed by atoms with E-state index in [2.05, 4.69) is 10.6 Å². The molecule has 0 atom stereocenters. The van der Waals surface area contributed by atoms with E-state index in [0.717, 1.165) is 0 Å². The summed E-state index contributed by atoms with van der Waals surface area (Å²) in [7, 11) is 0. The van der Waals surface area contributed by atoms with Crippen molar-refractivity contribution in [3.8, 4) is 0 Å². The fourth-order valence-electron chi connectivity index (χ4n) is 2.07. The van der Waals surface area contributed by atoms with E-state index in [1.807, 2.05) is 13.8 Å². The number of ether oxygens (including phenoxy) is 1. The molecule has 0 saturated carbocycles. The second kappa shape index (κ2) is 6.64. The maximum absolute atomic E-state index is 12.0. The number of halogens is 1. The summed E-state index contributed by atoms with van der Waals surface area (Å²) in [4.78, 5) is 12.0. The number of benzene rings is 1. The van der Waals surface area contributed by atoms with E-state index >= 15 is 0 Å². The summed E-state index contributed by atoms with van der Waals surface area (Å²) < 4.78 is 5.16. The van der Waals surface area contributed by atoms with E-state index < -0.39 is 0 Å². The molecule has 0 aromatic heterocycles. The Balaban J connectivity index is 2.06. The zero-order valence-electron chi connectivity index (χ0n) is 12.3. The summed E-state index contributed by atoms with van der Waals surface area (Å²) in [6, 6.07) is 5.20. The van der Waals surface area contributed by atoms with Crippen LogP contribution in [-0.4, -0.2) is 43.4 Å². The molecule has 0 spiro atoms. The van der Waals surface area contributed by atoms with Gasteiger partial charge in [0.1, 0.15) is 0 Å². The van der Waals surface area contributed by atoms with Gasteiger partial charge in [0, 0.05) is 18.2 Å². The molecule has 1 aromatic rings. The van der Waals surface area contributed by atoms with Crippen LogP contribution in [0.25, 0.3) is 0 Å². The van der Waals surface area contributed by atoms with Crippen molar-refractivity contribution in [1.82, 2.24) is 5.32 Å². The molecule has 21 heavy (non-hydrogen) atoms. The first kappa shape index (κ1) is 16.1. The topological polar surface area (TPSA) is 70.6 Å². The molecule has 3 N–H and O–H groups in total. The summed E-state index contributed by atoms with van der Waals surface area (Å²) in [6.07, 6.45) is 0. The van der Waals surface area contributed by atoms with Crippen LogP contribution in [0, 0.1) is 5.41 Å². The molecule has 0 unspecified atom stereocenters. The predicted octanol–water partition coefficient (Wildman–Crippen LogP) is 1.90. The zero-order valence-corrected chi connectivity index (χ0v) is 13.0. The van der Waals surface area contributed by atoms with Gasteiger partial charge in [0.2, 0.25) is 0 Å². The van der Waals surface area contributed by atoms with Crippen molar-refractivity contribution in [3.05, 3.63) is 28.8 Å². The lowest BCUT2D eigenvalue weighted by Crippen LogP contribution is -2.50. The van der Waals surface area contributed by atoms with Gasteiger partial charge < -0.3 is 20.5 Å². The second-order valence-corrected chi connectivity index (χ2v) is 6.23. The van der Waals surface area contributed by atoms with Gasteiger partial charge in [-0.1, -0.05) is 11.6 Å². The van der Waals surface area contributed by atoms with E-state index in [9.17, 15) is 9.90 Å². The minimum absolute atomic E-state index is 0.0607. The summed E-state index contributed by atoms with van der Waals surface area (Å²) in [5, 5.41) is 16.0. The van der Waals surface area contributed by atoms with Crippen LogP contribution in [0.15, 0.2) is 18.2 Å². The van der Waals surface area contributed by atoms with Gasteiger partial charge in [-0.2, -0.15) is 0 Å². The molecular formula is C15H21ClN2O3. The van der Waals surface area contributed by atoms with Crippen LogP contribution in [0.3, 0.4) is 0 Å². The van der Waals surface area contributed by atoms with Gasteiger partial charge in [-0.25, -0.2) is 0 Å². The standard InChI is InChI=1S/C15H21ClN2O3/c1-10(2)18-14(20)11-3-4-12(16)13(5-11)17-6-15(7-19)8-21-9-15/h3-5,10,17,19H,6-9H2,1-2H3,(H,18,20). The number of amides is 1. The number of nitrogens with one attached hydrogen (secondary N) is 2. The molecular weight excluding hydrogens is 292 g/mol. The molecule has 5 nitrogen and oxygen atoms in total. The van der Waals surface area contributed by atoms with Gasteiger partial charge in [-0.15, -0.1) is 0 Å². The SMILES string of the molecule is CC(C)NC(=O)c1ccc(Cl)c(NCC2(CO)COC2)c1. The van der Waals surface area contributed by atoms with Gasteiger partial charge in [0.15, 0.2) is 0 Å². The van der Waals surface area contributed by atoms with Gasteiger partial charge >= 0.3 is 0 Å². The molecule has 116 valence electrons. The number of aliphatic hydroxyl groups is 1. The summed E-state index contributed by atoms with van der Waals surface area (Å²) >= 11 is 6.15. The van der Waals surface area contributed by atoms with Crippen molar-refractivity contribution in [2.75, 3.05) is 31.7 Å². The van der Waals surface area contributed by atoms with E-state index in [4.69, 9.17) is 16.3 Å². The number of aliphatic hydroxyl groups excluding tert-OH is 1. The monoisotopic (exact) mass is 312 g/mol. The Kier molecular flexibility index (Phi) is 5.08. The van der Waals surface area contributed by atoms with Crippen LogP contribution in [0.1, 0.15) is 24.2 Å². The molecule has 0 aliphatic carbocycles. The molecule has 1 heterocycles. The van der Waals surface area contributed by atoms with E-state index in [1.165, 1.54) is 0 Å². The summed E-state index contributed by atoms with van der Waals surface area (Å²) in [5.41, 5.74) is 0.991. The van der Waals surface area contributed by atoms with Gasteiger partial charge in [0.25, 0.3) is 5.91 Å². The fraction of sp³-hybridized carbons (Fsp3) is 0.533. The molecule has 6 heteroatoms. The molecule has 1 aliphatic rings. The lowest BCUT2D eigenvalue weighted by molar-refractivity contribution is -0.128. The quantitative estimate of drug-likeness (QED) is 0.750. The number of rotatable bonds is 6. The van der Waals surface area contributed by atoms with Crippen LogP contribution in [-0.2, 0) is 4.74 Å². The smallest absolute Gasteiger partial charge is 0.251 e. The van der Waals surface area contributed by atoms with Crippen molar-refractivity contribution >= 4 is 23.2 Å². The van der Waals surface area contributed by atoms with Gasteiger partial charge in [0.05, 0.1) is 35.9 Å². The summed E-state index contributed by atoms with van der Waals surface area (Å²) in [5.74, 6) is -0.131. The highest BCUT2D eigenvalue weighted by molar-refractivity contribution is 6.33. The third-order valence-corrected chi connectivity index (χ3v) is 3.78. The Morgan fingerprint density at radius 3 is 2.71 bits per heavy atom. The van der Waals surface area contributed by atoms with Crippen molar-refractivity contribution in [3.63, 3.8) is 0 Å². The third-order valence-electron chi connectivity index (χ3n) is 3.45. The maximum atomic E-state index is 12.0. The van der Waals surface area contributed by atoms with E-state index in [-0.39, 0.29) is 24.0 Å². The Hall–Kier alpha value is -1.30. The normalized spacial score (nSPS) is 16.4. The third kappa shape index (κ3) is 3.87. The molecule has 2 rings (SSSR count).